The van der Waals surface area contributed by atoms with Crippen molar-refractivity contribution in [2.45, 2.75) is 13.6 Å². The maximum absolute atomic E-state index is 12.8. The fourth-order valence-electron chi connectivity index (χ4n) is 3.39. The predicted molar refractivity (Wildman–Crippen MR) is 111 cm³/mol. The lowest BCUT2D eigenvalue weighted by Crippen LogP contribution is -2.13. The lowest BCUT2D eigenvalue weighted by Gasteiger charge is -2.06. The van der Waals surface area contributed by atoms with E-state index in [4.69, 9.17) is 11.6 Å². The van der Waals surface area contributed by atoms with Gasteiger partial charge in [-0.2, -0.15) is 10.2 Å². The highest BCUT2D eigenvalue weighted by atomic mass is 35.5. The van der Waals surface area contributed by atoms with Gasteiger partial charge >= 0.3 is 0 Å². The molecule has 0 spiro atoms. The molecule has 1 aromatic carbocycles. The molecule has 4 heterocycles. The van der Waals surface area contributed by atoms with E-state index in [0.29, 0.717) is 34.1 Å². The largest absolute Gasteiger partial charge is 0.319 e. The van der Waals surface area contributed by atoms with Crippen LogP contribution in [0.1, 0.15) is 16.1 Å². The van der Waals surface area contributed by atoms with Crippen molar-refractivity contribution < 1.29 is 4.79 Å². The Morgan fingerprint density at radius 1 is 1.23 bits per heavy atom. The predicted octanol–water partition coefficient (Wildman–Crippen LogP) is 2.63. The molecule has 5 aromatic rings. The summed E-state index contributed by atoms with van der Waals surface area (Å²) in [6.45, 7) is 2.19. The third-order valence-electron chi connectivity index (χ3n) is 4.80. The highest BCUT2D eigenvalue weighted by Crippen LogP contribution is 2.28. The minimum absolute atomic E-state index is 0.273. The van der Waals surface area contributed by atoms with Gasteiger partial charge in [0.2, 0.25) is 0 Å². The molecule has 30 heavy (non-hydrogen) atoms. The summed E-state index contributed by atoms with van der Waals surface area (Å²) in [6, 6.07) is 7.67. The van der Waals surface area contributed by atoms with Crippen molar-refractivity contribution in [3.63, 3.8) is 0 Å². The Bertz CT molecular complexity index is 1410. The number of hydrogen-bond donors (Lipinski definition) is 1. The van der Waals surface area contributed by atoms with Gasteiger partial charge in [-0.3, -0.25) is 9.48 Å². The Kier molecular flexibility index (Phi) is 4.21. The summed E-state index contributed by atoms with van der Waals surface area (Å²) in [7, 11) is 1.78. The number of amides is 1. The van der Waals surface area contributed by atoms with Crippen LogP contribution in [0, 0.1) is 6.92 Å². The van der Waals surface area contributed by atoms with Crippen LogP contribution in [0.4, 0.5) is 5.69 Å². The second-order valence-corrected chi connectivity index (χ2v) is 7.21. The first kappa shape index (κ1) is 18.3. The van der Waals surface area contributed by atoms with Crippen molar-refractivity contribution in [2.24, 2.45) is 7.05 Å². The molecule has 0 atom stereocenters. The summed E-state index contributed by atoms with van der Waals surface area (Å²) >= 11 is 6.48. The van der Waals surface area contributed by atoms with Crippen LogP contribution in [0.15, 0.2) is 42.9 Å². The molecule has 11 heteroatoms. The fourth-order valence-corrected chi connectivity index (χ4v) is 3.75. The lowest BCUT2D eigenvalue weighted by atomic mass is 10.2. The van der Waals surface area contributed by atoms with Gasteiger partial charge in [-0.15, -0.1) is 5.10 Å². The van der Waals surface area contributed by atoms with Gasteiger partial charge in [0.1, 0.15) is 12.2 Å². The van der Waals surface area contributed by atoms with E-state index >= 15 is 0 Å². The smallest absolute Gasteiger partial charge is 0.258 e. The van der Waals surface area contributed by atoms with Crippen LogP contribution < -0.4 is 5.32 Å². The quantitative estimate of drug-likeness (QED) is 0.478. The Morgan fingerprint density at radius 3 is 2.93 bits per heavy atom. The number of anilines is 1. The molecular formula is C19H16ClN9O. The van der Waals surface area contributed by atoms with E-state index in [1.54, 1.807) is 33.5 Å². The monoisotopic (exact) mass is 421 g/mol. The van der Waals surface area contributed by atoms with Crippen LogP contribution in [0.25, 0.3) is 22.1 Å². The number of aryl methyl sites for hydroxylation is 2. The molecule has 1 amide bonds. The molecule has 0 fully saturated rings. The van der Waals surface area contributed by atoms with Crippen molar-refractivity contribution in [3.8, 4) is 0 Å². The van der Waals surface area contributed by atoms with Crippen molar-refractivity contribution in [1.29, 1.82) is 0 Å². The van der Waals surface area contributed by atoms with E-state index in [1.807, 2.05) is 31.2 Å². The Morgan fingerprint density at radius 2 is 2.07 bits per heavy atom. The Labute approximate surface area is 175 Å². The Hall–Kier alpha value is -3.79. The van der Waals surface area contributed by atoms with Gasteiger partial charge < -0.3 is 5.32 Å². The van der Waals surface area contributed by atoms with E-state index in [-0.39, 0.29) is 11.5 Å². The molecule has 0 bridgehead atoms. The molecular weight excluding hydrogens is 406 g/mol. The molecule has 150 valence electrons. The number of hydrogen-bond acceptors (Lipinski definition) is 6. The minimum Gasteiger partial charge on any atom is -0.319 e. The van der Waals surface area contributed by atoms with Crippen LogP contribution in [-0.2, 0) is 13.7 Å². The number of nitrogens with one attached hydrogen (secondary N) is 1. The zero-order valence-electron chi connectivity index (χ0n) is 16.1. The molecule has 0 radical (unpaired) electrons. The summed E-state index contributed by atoms with van der Waals surface area (Å²) in [5.41, 5.74) is 3.85. The van der Waals surface area contributed by atoms with E-state index in [9.17, 15) is 4.79 Å². The molecule has 0 aliphatic rings. The normalized spacial score (nSPS) is 11.4. The number of halogens is 1. The van der Waals surface area contributed by atoms with Crippen LogP contribution in [0.3, 0.4) is 0 Å². The number of rotatable bonds is 4. The van der Waals surface area contributed by atoms with Gasteiger partial charge in [-0.05, 0) is 19.1 Å². The average molecular weight is 422 g/mol. The SMILES string of the molecule is Cc1nn(C)c2ncc(C(=O)Nc3cnn(Cn4nnc5ccccc54)c3)c(Cl)c12. The van der Waals surface area contributed by atoms with E-state index in [1.165, 1.54) is 6.20 Å². The van der Waals surface area contributed by atoms with Gasteiger partial charge in [-0.25, -0.2) is 14.3 Å². The number of benzene rings is 1. The maximum atomic E-state index is 12.8. The van der Waals surface area contributed by atoms with Crippen molar-refractivity contribution >= 4 is 45.3 Å². The third kappa shape index (κ3) is 2.98. The maximum Gasteiger partial charge on any atom is 0.258 e. The summed E-state index contributed by atoms with van der Waals surface area (Å²) in [4.78, 5) is 17.1. The van der Waals surface area contributed by atoms with E-state index in [0.717, 1.165) is 11.0 Å². The van der Waals surface area contributed by atoms with Crippen LogP contribution >= 0.6 is 11.6 Å². The summed E-state index contributed by atoms with van der Waals surface area (Å²) in [5.74, 6) is -0.372. The number of pyridine rings is 1. The number of para-hydroxylation sites is 1. The summed E-state index contributed by atoms with van der Waals surface area (Å²) in [6.07, 6.45) is 4.73. The van der Waals surface area contributed by atoms with Crippen molar-refractivity contribution in [1.82, 2.24) is 39.5 Å². The molecule has 0 aliphatic heterocycles. The summed E-state index contributed by atoms with van der Waals surface area (Å²) < 4.78 is 5.02. The molecule has 0 saturated carbocycles. The highest BCUT2D eigenvalue weighted by Gasteiger charge is 2.19. The van der Waals surface area contributed by atoms with Crippen molar-refractivity contribution in [3.05, 3.63) is 59.1 Å². The molecule has 10 nitrogen and oxygen atoms in total. The summed E-state index contributed by atoms with van der Waals surface area (Å²) in [5, 5.41) is 20.7. The molecule has 4 aromatic heterocycles. The Balaban J connectivity index is 1.37. The second kappa shape index (κ2) is 6.92. The highest BCUT2D eigenvalue weighted by molar-refractivity contribution is 6.39. The van der Waals surface area contributed by atoms with Gasteiger partial charge in [0.25, 0.3) is 5.91 Å². The van der Waals surface area contributed by atoms with Crippen LogP contribution in [-0.4, -0.2) is 45.4 Å². The molecule has 0 aliphatic carbocycles. The molecule has 0 unspecified atom stereocenters. The van der Waals surface area contributed by atoms with Gasteiger partial charge in [-0.1, -0.05) is 28.9 Å². The second-order valence-electron chi connectivity index (χ2n) is 6.84. The first-order valence-corrected chi connectivity index (χ1v) is 9.49. The molecule has 0 saturated heterocycles. The van der Waals surface area contributed by atoms with Gasteiger partial charge in [0.05, 0.1) is 45.3 Å². The number of carbonyl (C=O) groups excluding carboxylic acids is 1. The standard InChI is InChI=1S/C19H16ClN9O/c1-11-16-17(20)13(8-21-18(16)27(2)25-11)19(30)23-12-7-22-28(9-12)10-29-15-6-4-3-5-14(15)24-26-29/h3-9H,10H2,1-2H3,(H,23,30). The third-order valence-corrected chi connectivity index (χ3v) is 5.19. The van der Waals surface area contributed by atoms with Crippen molar-refractivity contribution in [2.75, 3.05) is 5.32 Å². The minimum atomic E-state index is -0.372. The first-order chi connectivity index (χ1) is 14.5. The molecule has 5 rings (SSSR count). The molecule has 1 N–H and O–H groups in total. The van der Waals surface area contributed by atoms with E-state index in [2.05, 4.69) is 30.8 Å². The zero-order chi connectivity index (χ0) is 20.8. The van der Waals surface area contributed by atoms with Gasteiger partial charge in [0, 0.05) is 13.2 Å². The zero-order valence-corrected chi connectivity index (χ0v) is 16.9. The van der Waals surface area contributed by atoms with E-state index < -0.39 is 0 Å². The number of aromatic nitrogens is 8. The fraction of sp³-hybridized carbons (Fsp3) is 0.158. The topological polar surface area (TPSA) is 108 Å². The van der Waals surface area contributed by atoms with Crippen LogP contribution in [0.2, 0.25) is 5.02 Å². The number of fused-ring (bicyclic) bond motifs is 2. The number of nitrogens with zero attached hydrogens (tertiary/aromatic N) is 8. The van der Waals surface area contributed by atoms with Gasteiger partial charge in [0.15, 0.2) is 5.65 Å². The first-order valence-electron chi connectivity index (χ1n) is 9.11. The lowest BCUT2D eigenvalue weighted by molar-refractivity contribution is 0.102. The average Bonchev–Trinajstić information content (AvgIpc) is 3.41. The number of carbonyl (C=O) groups is 1. The van der Waals surface area contributed by atoms with Crippen LogP contribution in [0.5, 0.6) is 0 Å².